The van der Waals surface area contributed by atoms with E-state index in [1.54, 1.807) is 18.2 Å². The maximum Gasteiger partial charge on any atom is 0.315 e. The average Bonchev–Trinajstić information content (AvgIpc) is 2.17. The van der Waals surface area contributed by atoms with Crippen molar-refractivity contribution in [2.45, 2.75) is 18.8 Å². The fourth-order valence-electron chi connectivity index (χ4n) is 1.45. The molecular formula is C11H9Cl2NO2. The van der Waals surface area contributed by atoms with Gasteiger partial charge in [-0.2, -0.15) is 5.26 Å². The van der Waals surface area contributed by atoms with E-state index in [9.17, 15) is 9.90 Å². The van der Waals surface area contributed by atoms with Gasteiger partial charge in [-0.05, 0) is 19.1 Å². The van der Waals surface area contributed by atoms with Gasteiger partial charge in [0.25, 0.3) is 0 Å². The van der Waals surface area contributed by atoms with Crippen LogP contribution in [0.25, 0.3) is 0 Å². The van der Waals surface area contributed by atoms with E-state index in [1.165, 1.54) is 6.92 Å². The highest BCUT2D eigenvalue weighted by Crippen LogP contribution is 2.38. The first-order chi connectivity index (χ1) is 7.43. The second-order valence-corrected chi connectivity index (χ2v) is 4.38. The lowest BCUT2D eigenvalue weighted by atomic mass is 9.80. The van der Waals surface area contributed by atoms with E-state index in [2.05, 4.69) is 0 Å². The molecule has 0 fully saturated rings. The third-order valence-electron chi connectivity index (χ3n) is 2.42. The largest absolute Gasteiger partial charge is 0.481 e. The Hall–Kier alpha value is -1.24. The summed E-state index contributed by atoms with van der Waals surface area (Å²) in [5.74, 6) is -1.12. The molecule has 1 unspecified atom stereocenters. The number of carbonyl (C=O) groups is 1. The van der Waals surface area contributed by atoms with Crippen LogP contribution in [0, 0.1) is 11.3 Å². The summed E-state index contributed by atoms with van der Waals surface area (Å²) in [6, 6.07) is 6.59. The van der Waals surface area contributed by atoms with Gasteiger partial charge < -0.3 is 5.11 Å². The molecule has 0 spiro atoms. The van der Waals surface area contributed by atoms with E-state index in [0.29, 0.717) is 0 Å². The number of nitriles is 1. The van der Waals surface area contributed by atoms with Crippen molar-refractivity contribution in [3.63, 3.8) is 0 Å². The zero-order valence-electron chi connectivity index (χ0n) is 8.50. The van der Waals surface area contributed by atoms with Crippen molar-refractivity contribution in [1.82, 2.24) is 0 Å². The SMILES string of the molecule is CC(CC#N)(C(=O)O)c1c(Cl)cccc1Cl. The summed E-state index contributed by atoms with van der Waals surface area (Å²) < 4.78 is 0. The van der Waals surface area contributed by atoms with E-state index in [4.69, 9.17) is 28.5 Å². The molecule has 0 radical (unpaired) electrons. The Labute approximate surface area is 103 Å². The van der Waals surface area contributed by atoms with Gasteiger partial charge in [0.2, 0.25) is 0 Å². The van der Waals surface area contributed by atoms with Crippen molar-refractivity contribution >= 4 is 29.2 Å². The molecule has 1 aromatic rings. The molecule has 0 aliphatic carbocycles. The van der Waals surface area contributed by atoms with Crippen LogP contribution in [0.15, 0.2) is 18.2 Å². The fourth-order valence-corrected chi connectivity index (χ4v) is 2.27. The van der Waals surface area contributed by atoms with Crippen LogP contribution in [0.4, 0.5) is 0 Å². The van der Waals surface area contributed by atoms with Gasteiger partial charge in [0, 0.05) is 15.6 Å². The van der Waals surface area contributed by atoms with Gasteiger partial charge in [-0.15, -0.1) is 0 Å². The highest BCUT2D eigenvalue weighted by molar-refractivity contribution is 6.36. The third kappa shape index (κ3) is 2.13. The summed E-state index contributed by atoms with van der Waals surface area (Å²) in [6.45, 7) is 1.44. The lowest BCUT2D eigenvalue weighted by Crippen LogP contribution is -2.32. The Morgan fingerprint density at radius 3 is 2.38 bits per heavy atom. The zero-order valence-corrected chi connectivity index (χ0v) is 10.0. The minimum absolute atomic E-state index is 0.189. The topological polar surface area (TPSA) is 61.1 Å². The highest BCUT2D eigenvalue weighted by Gasteiger charge is 2.38. The summed E-state index contributed by atoms with van der Waals surface area (Å²) >= 11 is 11.9. The summed E-state index contributed by atoms with van der Waals surface area (Å²) in [7, 11) is 0. The number of halogens is 2. The lowest BCUT2D eigenvalue weighted by molar-refractivity contribution is -0.143. The fraction of sp³-hybridized carbons (Fsp3) is 0.273. The van der Waals surface area contributed by atoms with Gasteiger partial charge in [0.1, 0.15) is 5.41 Å². The quantitative estimate of drug-likeness (QED) is 0.905. The predicted molar refractivity (Wildman–Crippen MR) is 61.7 cm³/mol. The van der Waals surface area contributed by atoms with E-state index in [1.807, 2.05) is 6.07 Å². The van der Waals surface area contributed by atoms with Crippen molar-refractivity contribution in [3.8, 4) is 6.07 Å². The number of hydrogen-bond donors (Lipinski definition) is 1. The first kappa shape index (κ1) is 12.8. The van der Waals surface area contributed by atoms with Crippen LogP contribution >= 0.6 is 23.2 Å². The van der Waals surface area contributed by atoms with Gasteiger partial charge in [0.05, 0.1) is 12.5 Å². The number of aliphatic carboxylic acids is 1. The van der Waals surface area contributed by atoms with Gasteiger partial charge in [-0.3, -0.25) is 4.79 Å². The van der Waals surface area contributed by atoms with Crippen LogP contribution in [0.2, 0.25) is 10.0 Å². The smallest absolute Gasteiger partial charge is 0.315 e. The molecule has 16 heavy (non-hydrogen) atoms. The number of hydrogen-bond acceptors (Lipinski definition) is 2. The Kier molecular flexibility index (Phi) is 3.79. The molecule has 0 aliphatic rings. The number of carboxylic acid groups (broad SMARTS) is 1. The number of carboxylic acids is 1. The highest BCUT2D eigenvalue weighted by atomic mass is 35.5. The van der Waals surface area contributed by atoms with Crippen LogP contribution < -0.4 is 0 Å². The molecule has 0 aromatic heterocycles. The molecule has 0 aliphatic heterocycles. The molecule has 1 rings (SSSR count). The summed E-state index contributed by atoms with van der Waals surface area (Å²) in [4.78, 5) is 11.2. The maximum absolute atomic E-state index is 11.2. The van der Waals surface area contributed by atoms with Crippen molar-refractivity contribution in [2.24, 2.45) is 0 Å². The van der Waals surface area contributed by atoms with Crippen LogP contribution in [0.1, 0.15) is 18.9 Å². The van der Waals surface area contributed by atoms with E-state index in [-0.39, 0.29) is 22.0 Å². The van der Waals surface area contributed by atoms with Crippen LogP contribution in [0.5, 0.6) is 0 Å². The molecule has 5 heteroatoms. The Morgan fingerprint density at radius 1 is 1.50 bits per heavy atom. The minimum Gasteiger partial charge on any atom is -0.481 e. The third-order valence-corrected chi connectivity index (χ3v) is 3.05. The van der Waals surface area contributed by atoms with Gasteiger partial charge >= 0.3 is 5.97 Å². The van der Waals surface area contributed by atoms with E-state index < -0.39 is 11.4 Å². The standard InChI is InChI=1S/C11H9Cl2NO2/c1-11(5-6-14,10(15)16)9-7(12)3-2-4-8(9)13/h2-4H,5H2,1H3,(H,15,16). The first-order valence-electron chi connectivity index (χ1n) is 4.48. The van der Waals surface area contributed by atoms with Crippen molar-refractivity contribution in [2.75, 3.05) is 0 Å². The Bertz CT molecular complexity index is 447. The van der Waals surface area contributed by atoms with Gasteiger partial charge in [-0.1, -0.05) is 29.3 Å². The molecule has 0 amide bonds. The van der Waals surface area contributed by atoms with Crippen molar-refractivity contribution < 1.29 is 9.90 Å². The lowest BCUT2D eigenvalue weighted by Gasteiger charge is -2.24. The molecule has 0 saturated carbocycles. The average molecular weight is 258 g/mol. The molecule has 84 valence electrons. The second-order valence-electron chi connectivity index (χ2n) is 3.57. The normalized spacial score (nSPS) is 13.9. The molecule has 0 saturated heterocycles. The predicted octanol–water partition coefficient (Wildman–Crippen LogP) is 3.25. The second kappa shape index (κ2) is 4.73. The zero-order chi connectivity index (χ0) is 12.3. The summed E-state index contributed by atoms with van der Waals surface area (Å²) in [5.41, 5.74) is -1.10. The molecule has 1 aromatic carbocycles. The number of benzene rings is 1. The number of rotatable bonds is 3. The van der Waals surface area contributed by atoms with E-state index >= 15 is 0 Å². The molecule has 0 heterocycles. The van der Waals surface area contributed by atoms with Crippen molar-refractivity contribution in [3.05, 3.63) is 33.8 Å². The molecule has 0 bridgehead atoms. The van der Waals surface area contributed by atoms with Crippen LogP contribution in [0.3, 0.4) is 0 Å². The Balaban J connectivity index is 3.44. The van der Waals surface area contributed by atoms with Crippen LogP contribution in [-0.4, -0.2) is 11.1 Å². The molecular weight excluding hydrogens is 249 g/mol. The maximum atomic E-state index is 11.2. The molecule has 1 atom stereocenters. The Morgan fingerprint density at radius 2 is 2.00 bits per heavy atom. The van der Waals surface area contributed by atoms with Gasteiger partial charge in [-0.25, -0.2) is 0 Å². The summed E-state index contributed by atoms with van der Waals surface area (Å²) in [5, 5.41) is 18.4. The van der Waals surface area contributed by atoms with Crippen molar-refractivity contribution in [1.29, 1.82) is 5.26 Å². The van der Waals surface area contributed by atoms with E-state index in [0.717, 1.165) is 0 Å². The minimum atomic E-state index is -1.38. The van der Waals surface area contributed by atoms with Gasteiger partial charge in [0.15, 0.2) is 0 Å². The van der Waals surface area contributed by atoms with Crippen LogP contribution in [-0.2, 0) is 10.2 Å². The molecule has 3 nitrogen and oxygen atoms in total. The monoisotopic (exact) mass is 257 g/mol. The molecule has 1 N–H and O–H groups in total. The number of nitrogens with zero attached hydrogens (tertiary/aromatic N) is 1. The summed E-state index contributed by atoms with van der Waals surface area (Å²) in [6.07, 6.45) is -0.189. The first-order valence-corrected chi connectivity index (χ1v) is 5.24.